The molecule has 2 aromatic rings. The van der Waals surface area contributed by atoms with Crippen LogP contribution in [0, 0.1) is 5.82 Å². The normalized spacial score (nSPS) is 10.7. The van der Waals surface area contributed by atoms with Gasteiger partial charge in [0.1, 0.15) is 11.6 Å². The van der Waals surface area contributed by atoms with Crippen LogP contribution in [0.25, 0.3) is 0 Å². The van der Waals surface area contributed by atoms with Crippen LogP contribution in [0.5, 0.6) is 5.75 Å². The number of aryl methyl sites for hydroxylation is 1. The Bertz CT molecular complexity index is 542. The molecule has 102 valence electrons. The minimum Gasteiger partial charge on any atom is -0.484 e. The zero-order valence-electron chi connectivity index (χ0n) is 10.9. The molecule has 19 heavy (non-hydrogen) atoms. The van der Waals surface area contributed by atoms with E-state index in [2.05, 4.69) is 15.5 Å². The van der Waals surface area contributed by atoms with E-state index in [1.54, 1.807) is 13.1 Å². The topological polar surface area (TPSA) is 60.2 Å². The van der Waals surface area contributed by atoms with Crippen LogP contribution in [0.15, 0.2) is 22.6 Å². The number of halogens is 1. The van der Waals surface area contributed by atoms with E-state index in [-0.39, 0.29) is 12.4 Å². The van der Waals surface area contributed by atoms with E-state index in [9.17, 15) is 4.39 Å². The summed E-state index contributed by atoms with van der Waals surface area (Å²) in [6.07, 6.45) is 0.680. The summed E-state index contributed by atoms with van der Waals surface area (Å²) < 4.78 is 24.1. The molecule has 0 saturated heterocycles. The van der Waals surface area contributed by atoms with Crippen molar-refractivity contribution in [3.05, 3.63) is 41.4 Å². The molecule has 0 saturated carbocycles. The van der Waals surface area contributed by atoms with Crippen LogP contribution in [-0.4, -0.2) is 17.2 Å². The Balaban J connectivity index is 2.02. The molecule has 0 aliphatic carbocycles. The minimum absolute atomic E-state index is 0.134. The molecule has 6 heteroatoms. The van der Waals surface area contributed by atoms with Crippen LogP contribution in [0.2, 0.25) is 0 Å². The fraction of sp³-hybridized carbons (Fsp3) is 0.385. The molecule has 0 fully saturated rings. The summed E-state index contributed by atoms with van der Waals surface area (Å²) in [4.78, 5) is 0. The molecule has 1 aromatic carbocycles. The zero-order valence-corrected chi connectivity index (χ0v) is 10.9. The van der Waals surface area contributed by atoms with E-state index < -0.39 is 0 Å². The van der Waals surface area contributed by atoms with Gasteiger partial charge in [-0.2, -0.15) is 0 Å². The smallest absolute Gasteiger partial charge is 0.253 e. The van der Waals surface area contributed by atoms with Gasteiger partial charge < -0.3 is 14.5 Å². The van der Waals surface area contributed by atoms with E-state index in [1.165, 1.54) is 12.1 Å². The van der Waals surface area contributed by atoms with Gasteiger partial charge in [0.25, 0.3) is 5.89 Å². The van der Waals surface area contributed by atoms with Crippen LogP contribution >= 0.6 is 0 Å². The summed E-state index contributed by atoms with van der Waals surface area (Å²) in [5.41, 5.74) is 0.817. The summed E-state index contributed by atoms with van der Waals surface area (Å²) in [5, 5.41) is 10.6. The van der Waals surface area contributed by atoms with Crippen molar-refractivity contribution < 1.29 is 13.5 Å². The van der Waals surface area contributed by atoms with Gasteiger partial charge in [-0.15, -0.1) is 10.2 Å². The molecule has 1 N–H and O–H groups in total. The number of rotatable bonds is 6. The van der Waals surface area contributed by atoms with Gasteiger partial charge in [-0.25, -0.2) is 4.39 Å². The average Bonchev–Trinajstić information content (AvgIpc) is 2.84. The molecular weight excluding hydrogens is 249 g/mol. The first kappa shape index (κ1) is 13.5. The number of benzene rings is 1. The fourth-order valence-electron chi connectivity index (χ4n) is 1.64. The predicted octanol–water partition coefficient (Wildman–Crippen LogP) is 2.07. The van der Waals surface area contributed by atoms with Crippen LogP contribution in [0.3, 0.4) is 0 Å². The Morgan fingerprint density at radius 2 is 2.05 bits per heavy atom. The summed E-state index contributed by atoms with van der Waals surface area (Å²) in [7, 11) is 1.80. The minimum atomic E-state index is -0.331. The van der Waals surface area contributed by atoms with Crippen molar-refractivity contribution in [2.75, 3.05) is 7.05 Å². The van der Waals surface area contributed by atoms with Crippen LogP contribution in [0.1, 0.15) is 24.3 Å². The van der Waals surface area contributed by atoms with Gasteiger partial charge in [0.15, 0.2) is 6.61 Å². The maximum absolute atomic E-state index is 13.4. The fourth-order valence-corrected chi connectivity index (χ4v) is 1.64. The van der Waals surface area contributed by atoms with E-state index >= 15 is 0 Å². The number of ether oxygens (including phenoxy) is 1. The molecule has 0 aliphatic rings. The third-order valence-electron chi connectivity index (χ3n) is 2.49. The second-order valence-electron chi connectivity index (χ2n) is 4.06. The summed E-state index contributed by atoms with van der Waals surface area (Å²) in [6, 6.07) is 4.57. The maximum Gasteiger partial charge on any atom is 0.253 e. The van der Waals surface area contributed by atoms with E-state index in [0.29, 0.717) is 30.5 Å². The average molecular weight is 265 g/mol. The van der Waals surface area contributed by atoms with Gasteiger partial charge in [0, 0.05) is 19.0 Å². The summed E-state index contributed by atoms with van der Waals surface area (Å²) >= 11 is 0. The molecule has 0 radical (unpaired) electrons. The number of hydrogen-bond donors (Lipinski definition) is 1. The highest BCUT2D eigenvalue weighted by Gasteiger charge is 2.06. The second kappa shape index (κ2) is 6.29. The van der Waals surface area contributed by atoms with Crippen molar-refractivity contribution in [1.29, 1.82) is 0 Å². The Morgan fingerprint density at radius 3 is 2.74 bits per heavy atom. The lowest BCUT2D eigenvalue weighted by atomic mass is 10.2. The molecule has 5 nitrogen and oxygen atoms in total. The van der Waals surface area contributed by atoms with Gasteiger partial charge in [-0.05, 0) is 24.7 Å². The van der Waals surface area contributed by atoms with Crippen molar-refractivity contribution in [3.63, 3.8) is 0 Å². The molecule has 1 heterocycles. The van der Waals surface area contributed by atoms with Gasteiger partial charge in [0.05, 0.1) is 0 Å². The third kappa shape index (κ3) is 3.75. The molecule has 0 amide bonds. The lowest BCUT2D eigenvalue weighted by Crippen LogP contribution is -2.06. The van der Waals surface area contributed by atoms with Gasteiger partial charge in [-0.3, -0.25) is 0 Å². The highest BCUT2D eigenvalue weighted by Crippen LogP contribution is 2.17. The lowest BCUT2D eigenvalue weighted by molar-refractivity contribution is 0.258. The number of nitrogens with one attached hydrogen (secondary N) is 1. The van der Waals surface area contributed by atoms with Crippen LogP contribution in [-0.2, 0) is 19.6 Å². The predicted molar refractivity (Wildman–Crippen MR) is 67.2 cm³/mol. The van der Waals surface area contributed by atoms with Gasteiger partial charge >= 0.3 is 0 Å². The molecule has 1 aromatic heterocycles. The number of nitrogens with zero attached hydrogens (tertiary/aromatic N) is 2. The van der Waals surface area contributed by atoms with Gasteiger partial charge in [0.2, 0.25) is 5.89 Å². The molecule has 0 bridgehead atoms. The summed E-state index contributed by atoms with van der Waals surface area (Å²) in [5.74, 6) is 1.06. The number of aromatic nitrogens is 2. The maximum atomic E-state index is 13.4. The molecule has 0 aliphatic heterocycles. The van der Waals surface area contributed by atoms with Crippen molar-refractivity contribution in [3.8, 4) is 5.75 Å². The van der Waals surface area contributed by atoms with Crippen molar-refractivity contribution in [1.82, 2.24) is 15.5 Å². The molecule has 2 rings (SSSR count). The molecular formula is C13H16FN3O2. The molecule has 0 spiro atoms. The zero-order chi connectivity index (χ0) is 13.7. The first-order valence-electron chi connectivity index (χ1n) is 6.09. The monoisotopic (exact) mass is 265 g/mol. The highest BCUT2D eigenvalue weighted by atomic mass is 19.1. The Kier molecular flexibility index (Phi) is 4.46. The third-order valence-corrected chi connectivity index (χ3v) is 2.49. The largest absolute Gasteiger partial charge is 0.484 e. The lowest BCUT2D eigenvalue weighted by Gasteiger charge is -2.06. The summed E-state index contributed by atoms with van der Waals surface area (Å²) in [6.45, 7) is 2.64. The quantitative estimate of drug-likeness (QED) is 0.866. The second-order valence-corrected chi connectivity index (χ2v) is 4.06. The Hall–Kier alpha value is -1.95. The molecule has 0 unspecified atom stereocenters. The number of hydrogen-bond acceptors (Lipinski definition) is 5. The Morgan fingerprint density at radius 1 is 1.26 bits per heavy atom. The standard InChI is InChI=1S/C13H16FN3O2/c1-3-12-16-17-13(19-12)8-18-11-5-9(7-15-2)4-10(14)6-11/h4-6,15H,3,7-8H2,1-2H3. The first-order valence-corrected chi connectivity index (χ1v) is 6.09. The van der Waals surface area contributed by atoms with E-state index in [1.807, 2.05) is 6.92 Å². The van der Waals surface area contributed by atoms with Gasteiger partial charge in [-0.1, -0.05) is 6.92 Å². The van der Waals surface area contributed by atoms with E-state index in [4.69, 9.17) is 9.15 Å². The highest BCUT2D eigenvalue weighted by molar-refractivity contribution is 5.29. The van der Waals surface area contributed by atoms with Crippen molar-refractivity contribution >= 4 is 0 Å². The van der Waals surface area contributed by atoms with Crippen molar-refractivity contribution in [2.45, 2.75) is 26.5 Å². The SMILES string of the molecule is CCc1nnc(COc2cc(F)cc(CNC)c2)o1. The van der Waals surface area contributed by atoms with Crippen molar-refractivity contribution in [2.24, 2.45) is 0 Å². The first-order chi connectivity index (χ1) is 9.21. The Labute approximate surface area is 110 Å². The molecule has 0 atom stereocenters. The van der Waals surface area contributed by atoms with Crippen LogP contribution in [0.4, 0.5) is 4.39 Å². The van der Waals surface area contributed by atoms with Crippen LogP contribution < -0.4 is 10.1 Å². The van der Waals surface area contributed by atoms with E-state index in [0.717, 1.165) is 5.56 Å².